The number of rotatable bonds is 7. The van der Waals surface area contributed by atoms with Crippen LogP contribution in [0.3, 0.4) is 0 Å². The van der Waals surface area contributed by atoms with Gasteiger partial charge in [-0.3, -0.25) is 19.3 Å². The van der Waals surface area contributed by atoms with Crippen LogP contribution in [0.5, 0.6) is 0 Å². The van der Waals surface area contributed by atoms with Gasteiger partial charge >= 0.3 is 0 Å². The molecule has 7 nitrogen and oxygen atoms in total. The van der Waals surface area contributed by atoms with Crippen LogP contribution in [0.25, 0.3) is 11.1 Å². The summed E-state index contributed by atoms with van der Waals surface area (Å²) in [6, 6.07) is 24.2. The first-order valence-corrected chi connectivity index (χ1v) is 11.3. The van der Waals surface area contributed by atoms with Gasteiger partial charge in [-0.05, 0) is 54.4 Å². The summed E-state index contributed by atoms with van der Waals surface area (Å²) < 4.78 is 5.37. The van der Waals surface area contributed by atoms with Gasteiger partial charge < -0.3 is 10.1 Å². The second-order valence-electron chi connectivity index (χ2n) is 8.08. The van der Waals surface area contributed by atoms with Crippen LogP contribution in [0.2, 0.25) is 0 Å². The molecule has 0 bridgehead atoms. The fourth-order valence-corrected chi connectivity index (χ4v) is 3.94. The van der Waals surface area contributed by atoms with E-state index in [9.17, 15) is 9.59 Å². The standard InChI is InChI=1S/C27H29N3O4/c1-20(29-16-18-34-19-17-29)27(32)30(33-2)25-14-12-24(13-15-25)28-26(31)23-10-8-22(9-11-23)21-6-4-3-5-7-21/h3-15,20H,16-19H2,1-2H3,(H,28,31). The van der Waals surface area contributed by atoms with Crippen LogP contribution in [0, 0.1) is 0 Å². The molecule has 1 saturated heterocycles. The Hall–Kier alpha value is -3.52. The Morgan fingerprint density at radius 3 is 2.15 bits per heavy atom. The average Bonchev–Trinajstić information content (AvgIpc) is 2.90. The van der Waals surface area contributed by atoms with Gasteiger partial charge in [0.2, 0.25) is 0 Å². The van der Waals surface area contributed by atoms with Crippen LogP contribution in [0.1, 0.15) is 17.3 Å². The number of benzene rings is 3. The van der Waals surface area contributed by atoms with Crippen molar-refractivity contribution in [1.29, 1.82) is 0 Å². The van der Waals surface area contributed by atoms with E-state index in [1.165, 1.54) is 12.2 Å². The number of carbonyl (C=O) groups excluding carboxylic acids is 2. The minimum atomic E-state index is -0.331. The predicted octanol–water partition coefficient (Wildman–Crippen LogP) is 4.22. The number of anilines is 2. The number of amides is 2. The zero-order chi connectivity index (χ0) is 23.9. The molecule has 0 radical (unpaired) electrons. The molecule has 1 heterocycles. The Morgan fingerprint density at radius 2 is 1.53 bits per heavy atom. The van der Waals surface area contributed by atoms with Crippen LogP contribution < -0.4 is 10.4 Å². The number of ether oxygens (including phenoxy) is 1. The van der Waals surface area contributed by atoms with Gasteiger partial charge in [0.25, 0.3) is 11.8 Å². The molecule has 0 aromatic heterocycles. The fraction of sp³-hybridized carbons (Fsp3) is 0.259. The molecule has 3 aromatic rings. The van der Waals surface area contributed by atoms with Gasteiger partial charge in [0, 0.05) is 24.3 Å². The van der Waals surface area contributed by atoms with E-state index < -0.39 is 0 Å². The van der Waals surface area contributed by atoms with Crippen molar-refractivity contribution in [3.8, 4) is 11.1 Å². The van der Waals surface area contributed by atoms with Gasteiger partial charge in [-0.2, -0.15) is 5.06 Å². The molecule has 34 heavy (non-hydrogen) atoms. The Kier molecular flexibility index (Phi) is 7.69. The zero-order valence-corrected chi connectivity index (χ0v) is 19.4. The third kappa shape index (κ3) is 5.51. The second-order valence-corrected chi connectivity index (χ2v) is 8.08. The Labute approximate surface area is 199 Å². The van der Waals surface area contributed by atoms with Crippen LogP contribution in [-0.2, 0) is 14.4 Å². The fourth-order valence-electron chi connectivity index (χ4n) is 3.94. The number of morpholine rings is 1. The molecule has 2 amide bonds. The minimum absolute atomic E-state index is 0.153. The lowest BCUT2D eigenvalue weighted by Crippen LogP contribution is -2.50. The van der Waals surface area contributed by atoms with E-state index in [0.717, 1.165) is 11.1 Å². The molecule has 176 valence electrons. The van der Waals surface area contributed by atoms with E-state index >= 15 is 0 Å². The zero-order valence-electron chi connectivity index (χ0n) is 19.4. The first-order valence-electron chi connectivity index (χ1n) is 11.3. The molecular formula is C27H29N3O4. The SMILES string of the molecule is CON(C(=O)C(C)N1CCOCC1)c1ccc(NC(=O)c2ccc(-c3ccccc3)cc2)cc1. The molecule has 0 saturated carbocycles. The van der Waals surface area contributed by atoms with Crippen molar-refractivity contribution in [1.82, 2.24) is 4.90 Å². The Morgan fingerprint density at radius 1 is 0.912 bits per heavy atom. The van der Waals surface area contributed by atoms with Crippen molar-refractivity contribution >= 4 is 23.2 Å². The molecule has 1 unspecified atom stereocenters. The second kappa shape index (κ2) is 11.1. The third-order valence-electron chi connectivity index (χ3n) is 5.95. The van der Waals surface area contributed by atoms with E-state index in [1.807, 2.05) is 61.5 Å². The van der Waals surface area contributed by atoms with Gasteiger partial charge in [-0.1, -0.05) is 42.5 Å². The molecule has 1 aliphatic rings. The lowest BCUT2D eigenvalue weighted by Gasteiger charge is -2.33. The molecule has 4 rings (SSSR count). The molecule has 7 heteroatoms. The van der Waals surface area contributed by atoms with Gasteiger partial charge in [0.05, 0.1) is 32.1 Å². The highest BCUT2D eigenvalue weighted by Gasteiger charge is 2.28. The third-order valence-corrected chi connectivity index (χ3v) is 5.95. The van der Waals surface area contributed by atoms with E-state index in [0.29, 0.717) is 43.2 Å². The predicted molar refractivity (Wildman–Crippen MR) is 133 cm³/mol. The van der Waals surface area contributed by atoms with E-state index in [-0.39, 0.29) is 17.9 Å². The van der Waals surface area contributed by atoms with Crippen molar-refractivity contribution in [2.45, 2.75) is 13.0 Å². The molecular weight excluding hydrogens is 430 g/mol. The van der Waals surface area contributed by atoms with Gasteiger partial charge in [0.1, 0.15) is 0 Å². The van der Waals surface area contributed by atoms with E-state index in [4.69, 9.17) is 9.57 Å². The summed E-state index contributed by atoms with van der Waals surface area (Å²) in [6.45, 7) is 4.53. The summed E-state index contributed by atoms with van der Waals surface area (Å²) >= 11 is 0. The normalized spacial score (nSPS) is 14.9. The molecule has 1 fully saturated rings. The van der Waals surface area contributed by atoms with Crippen LogP contribution in [-0.4, -0.2) is 56.2 Å². The highest BCUT2D eigenvalue weighted by atomic mass is 16.7. The number of hydroxylamine groups is 1. The van der Waals surface area contributed by atoms with Crippen molar-refractivity contribution in [3.05, 3.63) is 84.4 Å². The van der Waals surface area contributed by atoms with Crippen molar-refractivity contribution < 1.29 is 19.2 Å². The molecule has 3 aromatic carbocycles. The maximum Gasteiger partial charge on any atom is 0.267 e. The lowest BCUT2D eigenvalue weighted by molar-refractivity contribution is -0.131. The number of hydrogen-bond acceptors (Lipinski definition) is 5. The summed E-state index contributed by atoms with van der Waals surface area (Å²) in [5.74, 6) is -0.354. The number of hydrogen-bond donors (Lipinski definition) is 1. The van der Waals surface area contributed by atoms with Crippen LogP contribution >= 0.6 is 0 Å². The van der Waals surface area contributed by atoms with Crippen LogP contribution in [0.15, 0.2) is 78.9 Å². The van der Waals surface area contributed by atoms with Crippen molar-refractivity contribution in [2.75, 3.05) is 43.8 Å². The van der Waals surface area contributed by atoms with Crippen molar-refractivity contribution in [3.63, 3.8) is 0 Å². The van der Waals surface area contributed by atoms with Gasteiger partial charge in [-0.25, -0.2) is 0 Å². The maximum atomic E-state index is 13.0. The lowest BCUT2D eigenvalue weighted by atomic mass is 10.0. The monoisotopic (exact) mass is 459 g/mol. The first kappa shape index (κ1) is 23.6. The Bertz CT molecular complexity index is 1090. The summed E-state index contributed by atoms with van der Waals surface area (Å²) in [5.41, 5.74) is 3.95. The largest absolute Gasteiger partial charge is 0.379 e. The summed E-state index contributed by atoms with van der Waals surface area (Å²) in [5, 5.41) is 4.19. The number of carbonyl (C=O) groups is 2. The molecule has 1 atom stereocenters. The molecule has 1 aliphatic heterocycles. The smallest absolute Gasteiger partial charge is 0.267 e. The Balaban J connectivity index is 1.39. The number of nitrogens with one attached hydrogen (secondary N) is 1. The minimum Gasteiger partial charge on any atom is -0.379 e. The molecule has 0 spiro atoms. The average molecular weight is 460 g/mol. The highest BCUT2D eigenvalue weighted by Crippen LogP contribution is 2.22. The summed E-state index contributed by atoms with van der Waals surface area (Å²) in [6.07, 6.45) is 0. The summed E-state index contributed by atoms with van der Waals surface area (Å²) in [7, 11) is 1.47. The van der Waals surface area contributed by atoms with E-state index in [2.05, 4.69) is 10.2 Å². The van der Waals surface area contributed by atoms with E-state index in [1.54, 1.807) is 24.3 Å². The number of nitrogens with zero attached hydrogens (tertiary/aromatic N) is 2. The molecule has 0 aliphatic carbocycles. The van der Waals surface area contributed by atoms with Gasteiger partial charge in [-0.15, -0.1) is 0 Å². The first-order chi connectivity index (χ1) is 16.6. The topological polar surface area (TPSA) is 71.1 Å². The summed E-state index contributed by atoms with van der Waals surface area (Å²) in [4.78, 5) is 33.2. The molecule has 1 N–H and O–H groups in total. The highest BCUT2D eigenvalue weighted by molar-refractivity contribution is 6.04. The maximum absolute atomic E-state index is 13.0. The quantitative estimate of drug-likeness (QED) is 0.536. The van der Waals surface area contributed by atoms with Gasteiger partial charge in [0.15, 0.2) is 0 Å². The van der Waals surface area contributed by atoms with Crippen molar-refractivity contribution in [2.24, 2.45) is 0 Å². The van der Waals surface area contributed by atoms with Crippen LogP contribution in [0.4, 0.5) is 11.4 Å².